The maximum absolute atomic E-state index is 3.49. The Labute approximate surface area is 98.7 Å². The monoisotopic (exact) mass is 227 g/mol. The van der Waals surface area contributed by atoms with E-state index in [2.05, 4.69) is 66.9 Å². The van der Waals surface area contributed by atoms with Gasteiger partial charge < -0.3 is 5.32 Å². The van der Waals surface area contributed by atoms with Crippen molar-refractivity contribution in [3.05, 3.63) is 54.6 Å². The summed E-state index contributed by atoms with van der Waals surface area (Å²) in [6, 6.07) is 18.9. The van der Waals surface area contributed by atoms with Crippen molar-refractivity contribution in [2.45, 2.75) is 13.1 Å². The molecule has 2 heteroatoms. The number of nitrogens with one attached hydrogen (secondary N) is 1. The summed E-state index contributed by atoms with van der Waals surface area (Å²) in [4.78, 5) is 0. The van der Waals surface area contributed by atoms with E-state index in [4.69, 9.17) is 0 Å². The van der Waals surface area contributed by atoms with Crippen molar-refractivity contribution in [1.82, 2.24) is 0 Å². The zero-order valence-corrected chi connectivity index (χ0v) is 10.9. The van der Waals surface area contributed by atoms with Crippen LogP contribution in [0.1, 0.15) is 0 Å². The lowest BCUT2D eigenvalue weighted by Gasteiger charge is -2.13. The van der Waals surface area contributed by atoms with Crippen LogP contribution in [0.4, 0.5) is 11.4 Å². The molecule has 0 aliphatic carbocycles. The first-order chi connectivity index (χ1) is 7.77. The summed E-state index contributed by atoms with van der Waals surface area (Å²) in [6.07, 6.45) is 0. The van der Waals surface area contributed by atoms with Crippen LogP contribution in [-0.4, -0.2) is 8.80 Å². The number of benzene rings is 2. The molecule has 2 rings (SSSR count). The molecular weight excluding hydrogens is 210 g/mol. The van der Waals surface area contributed by atoms with E-state index in [1.165, 1.54) is 10.9 Å². The molecule has 0 radical (unpaired) electrons. The third-order valence-corrected chi connectivity index (χ3v) is 4.38. The Morgan fingerprint density at radius 3 is 2.12 bits per heavy atom. The smallest absolute Gasteiger partial charge is 0.0674 e. The largest absolute Gasteiger partial charge is 0.356 e. The standard InChI is InChI=1S/C14H17NSi/c1-16(2)14-11-7-6-10-13(14)15-12-8-4-3-5-9-12/h3-11,15-16H,1-2H3. The molecule has 0 bridgehead atoms. The van der Waals surface area contributed by atoms with E-state index in [9.17, 15) is 0 Å². The van der Waals surface area contributed by atoms with Gasteiger partial charge in [0.15, 0.2) is 0 Å². The van der Waals surface area contributed by atoms with Crippen LogP contribution in [0.2, 0.25) is 13.1 Å². The van der Waals surface area contributed by atoms with E-state index in [0.29, 0.717) is 0 Å². The second-order valence-corrected chi connectivity index (χ2v) is 7.16. The van der Waals surface area contributed by atoms with Crippen LogP contribution >= 0.6 is 0 Å². The van der Waals surface area contributed by atoms with Crippen LogP contribution < -0.4 is 10.5 Å². The molecule has 0 amide bonds. The SMILES string of the molecule is C[SiH](C)c1ccccc1Nc1ccccc1. The maximum atomic E-state index is 3.49. The van der Waals surface area contributed by atoms with Gasteiger partial charge in [0.25, 0.3) is 0 Å². The Kier molecular flexibility index (Phi) is 3.42. The summed E-state index contributed by atoms with van der Waals surface area (Å²) < 4.78 is 0. The summed E-state index contributed by atoms with van der Waals surface area (Å²) >= 11 is 0. The molecule has 0 saturated carbocycles. The van der Waals surface area contributed by atoms with Gasteiger partial charge in [-0.2, -0.15) is 0 Å². The molecule has 0 heterocycles. The molecular formula is C14H17NSi. The number of hydrogen-bond acceptors (Lipinski definition) is 1. The lowest BCUT2D eigenvalue weighted by molar-refractivity contribution is 1.57. The van der Waals surface area contributed by atoms with Gasteiger partial charge in [0.1, 0.15) is 0 Å². The molecule has 2 aromatic rings. The van der Waals surface area contributed by atoms with E-state index >= 15 is 0 Å². The van der Waals surface area contributed by atoms with Crippen molar-refractivity contribution < 1.29 is 0 Å². The fourth-order valence-electron chi connectivity index (χ4n) is 1.79. The van der Waals surface area contributed by atoms with E-state index in [1.54, 1.807) is 0 Å². The highest BCUT2D eigenvalue weighted by atomic mass is 28.3. The second-order valence-electron chi connectivity index (χ2n) is 4.23. The Balaban J connectivity index is 2.28. The van der Waals surface area contributed by atoms with Gasteiger partial charge in [0.05, 0.1) is 8.80 Å². The minimum absolute atomic E-state index is 0.772. The molecule has 0 unspecified atom stereocenters. The van der Waals surface area contributed by atoms with Crippen LogP contribution in [0.25, 0.3) is 0 Å². The third kappa shape index (κ3) is 2.52. The molecule has 0 fully saturated rings. The van der Waals surface area contributed by atoms with Crippen LogP contribution in [0, 0.1) is 0 Å². The average molecular weight is 227 g/mol. The van der Waals surface area contributed by atoms with Crippen molar-refractivity contribution >= 4 is 25.4 Å². The van der Waals surface area contributed by atoms with Crippen LogP contribution in [-0.2, 0) is 0 Å². The van der Waals surface area contributed by atoms with E-state index in [-0.39, 0.29) is 0 Å². The molecule has 0 spiro atoms. The van der Waals surface area contributed by atoms with Gasteiger partial charge in [-0.3, -0.25) is 0 Å². The molecule has 0 aliphatic heterocycles. The van der Waals surface area contributed by atoms with Gasteiger partial charge in [0, 0.05) is 11.4 Å². The van der Waals surface area contributed by atoms with Crippen LogP contribution in [0.5, 0.6) is 0 Å². The first kappa shape index (κ1) is 11.0. The van der Waals surface area contributed by atoms with Gasteiger partial charge in [-0.15, -0.1) is 0 Å². The summed E-state index contributed by atoms with van der Waals surface area (Å²) in [5.41, 5.74) is 2.42. The summed E-state index contributed by atoms with van der Waals surface area (Å²) in [7, 11) is -0.772. The second kappa shape index (κ2) is 4.99. The Morgan fingerprint density at radius 2 is 1.44 bits per heavy atom. The van der Waals surface area contributed by atoms with Gasteiger partial charge in [-0.05, 0) is 23.4 Å². The van der Waals surface area contributed by atoms with Gasteiger partial charge in [-0.1, -0.05) is 49.5 Å². The topological polar surface area (TPSA) is 12.0 Å². The van der Waals surface area contributed by atoms with Gasteiger partial charge in [0.2, 0.25) is 0 Å². The number of hydrogen-bond donors (Lipinski definition) is 1. The summed E-state index contributed by atoms with van der Waals surface area (Å²) in [5, 5.41) is 4.98. The lowest BCUT2D eigenvalue weighted by atomic mass is 10.2. The van der Waals surface area contributed by atoms with Crippen LogP contribution in [0.3, 0.4) is 0 Å². The van der Waals surface area contributed by atoms with E-state index < -0.39 is 8.80 Å². The maximum Gasteiger partial charge on any atom is 0.0674 e. The normalized spacial score (nSPS) is 10.4. The highest BCUT2D eigenvalue weighted by molar-refractivity contribution is 6.72. The summed E-state index contributed by atoms with van der Waals surface area (Å²) in [6.45, 7) is 4.71. The highest BCUT2D eigenvalue weighted by Crippen LogP contribution is 2.14. The molecule has 1 N–H and O–H groups in total. The summed E-state index contributed by atoms with van der Waals surface area (Å²) in [5.74, 6) is 0. The minimum Gasteiger partial charge on any atom is -0.356 e. The first-order valence-corrected chi connectivity index (χ1v) is 8.57. The molecule has 0 aromatic heterocycles. The van der Waals surface area contributed by atoms with E-state index in [0.717, 1.165) is 5.69 Å². The zero-order valence-electron chi connectivity index (χ0n) is 9.77. The zero-order chi connectivity index (χ0) is 11.4. The number of rotatable bonds is 3. The fourth-order valence-corrected chi connectivity index (χ4v) is 3.08. The van der Waals surface area contributed by atoms with Gasteiger partial charge >= 0.3 is 0 Å². The third-order valence-electron chi connectivity index (χ3n) is 2.64. The first-order valence-electron chi connectivity index (χ1n) is 5.68. The Hall–Kier alpha value is -1.54. The fraction of sp³-hybridized carbons (Fsp3) is 0.143. The Morgan fingerprint density at radius 1 is 0.812 bits per heavy atom. The minimum atomic E-state index is -0.772. The Bertz CT molecular complexity index is 451. The predicted molar refractivity (Wildman–Crippen MR) is 74.7 cm³/mol. The molecule has 82 valence electrons. The van der Waals surface area contributed by atoms with Gasteiger partial charge in [-0.25, -0.2) is 0 Å². The number of anilines is 2. The molecule has 2 aromatic carbocycles. The predicted octanol–water partition coefficient (Wildman–Crippen LogP) is 3.12. The number of para-hydroxylation sites is 2. The molecule has 0 saturated heterocycles. The van der Waals surface area contributed by atoms with E-state index in [1.807, 2.05) is 6.07 Å². The van der Waals surface area contributed by atoms with Crippen molar-refractivity contribution in [1.29, 1.82) is 0 Å². The average Bonchev–Trinajstić information content (AvgIpc) is 2.31. The van der Waals surface area contributed by atoms with Crippen molar-refractivity contribution in [3.8, 4) is 0 Å². The van der Waals surface area contributed by atoms with Crippen molar-refractivity contribution in [2.75, 3.05) is 5.32 Å². The molecule has 1 nitrogen and oxygen atoms in total. The molecule has 0 atom stereocenters. The lowest BCUT2D eigenvalue weighted by Crippen LogP contribution is -2.25. The van der Waals surface area contributed by atoms with Crippen molar-refractivity contribution in [3.63, 3.8) is 0 Å². The molecule has 16 heavy (non-hydrogen) atoms. The van der Waals surface area contributed by atoms with Crippen molar-refractivity contribution in [2.24, 2.45) is 0 Å². The van der Waals surface area contributed by atoms with Crippen LogP contribution in [0.15, 0.2) is 54.6 Å². The highest BCUT2D eigenvalue weighted by Gasteiger charge is 2.06. The molecule has 0 aliphatic rings. The quantitative estimate of drug-likeness (QED) is 0.794.